The van der Waals surface area contributed by atoms with E-state index < -0.39 is 18.0 Å². The summed E-state index contributed by atoms with van der Waals surface area (Å²) < 4.78 is 38.2. The van der Waals surface area contributed by atoms with Gasteiger partial charge in [0, 0.05) is 24.7 Å². The number of hydrogen-bond donors (Lipinski definition) is 0. The van der Waals surface area contributed by atoms with E-state index in [2.05, 4.69) is 4.98 Å². The highest BCUT2D eigenvalue weighted by molar-refractivity contribution is 6.31. The summed E-state index contributed by atoms with van der Waals surface area (Å²) in [5.74, 6) is -2.02. The molecule has 1 aliphatic carbocycles. The first-order valence-corrected chi connectivity index (χ1v) is 6.93. The van der Waals surface area contributed by atoms with Crippen molar-refractivity contribution in [3.63, 3.8) is 0 Å². The number of hydrogen-bond acceptors (Lipinski definition) is 2. The van der Waals surface area contributed by atoms with Crippen LogP contribution in [0.25, 0.3) is 0 Å². The van der Waals surface area contributed by atoms with Gasteiger partial charge in [-0.3, -0.25) is 9.78 Å². The Morgan fingerprint density at radius 2 is 2.15 bits per heavy atom. The molecule has 110 valence electrons. The van der Waals surface area contributed by atoms with Gasteiger partial charge in [0.15, 0.2) is 0 Å². The molecule has 0 saturated heterocycles. The number of alkyl halides is 3. The summed E-state index contributed by atoms with van der Waals surface area (Å²) in [7, 11) is 0. The molecule has 1 fully saturated rings. The van der Waals surface area contributed by atoms with Crippen LogP contribution in [0, 0.1) is 11.8 Å². The highest BCUT2D eigenvalue weighted by Gasteiger charge is 2.43. The van der Waals surface area contributed by atoms with Gasteiger partial charge in [0.2, 0.25) is 0 Å². The van der Waals surface area contributed by atoms with Crippen LogP contribution >= 0.6 is 11.6 Å². The molecule has 1 saturated carbocycles. The van der Waals surface area contributed by atoms with E-state index in [1.807, 2.05) is 0 Å². The van der Waals surface area contributed by atoms with Crippen molar-refractivity contribution >= 4 is 17.4 Å². The lowest BCUT2D eigenvalue weighted by molar-refractivity contribution is -0.186. The average molecular weight is 306 g/mol. The Labute approximate surface area is 120 Å². The van der Waals surface area contributed by atoms with Gasteiger partial charge in [-0.05, 0) is 30.9 Å². The second-order valence-electron chi connectivity index (χ2n) is 5.21. The number of carbonyl (C=O) groups is 1. The second-order valence-corrected chi connectivity index (χ2v) is 5.62. The molecule has 1 heterocycles. The number of Topliss-reactive ketones (excluding diaryl/α,β-unsaturated/α-hetero) is 1. The van der Waals surface area contributed by atoms with E-state index in [1.165, 1.54) is 12.4 Å². The van der Waals surface area contributed by atoms with Crippen molar-refractivity contribution in [1.82, 2.24) is 4.98 Å². The molecule has 2 rings (SSSR count). The van der Waals surface area contributed by atoms with Crippen LogP contribution in [-0.4, -0.2) is 16.9 Å². The van der Waals surface area contributed by atoms with Gasteiger partial charge < -0.3 is 0 Å². The van der Waals surface area contributed by atoms with Crippen molar-refractivity contribution in [3.05, 3.63) is 29.0 Å². The lowest BCUT2D eigenvalue weighted by Crippen LogP contribution is -2.32. The molecule has 20 heavy (non-hydrogen) atoms. The number of carbonyl (C=O) groups excluding carboxylic acids is 1. The van der Waals surface area contributed by atoms with Gasteiger partial charge in [0.25, 0.3) is 0 Å². The SMILES string of the molecule is O=C(Cc1ccncc1Cl)C1CCCC(C(F)(F)F)C1. The van der Waals surface area contributed by atoms with Gasteiger partial charge in [-0.1, -0.05) is 18.0 Å². The minimum absolute atomic E-state index is 0.0800. The smallest absolute Gasteiger partial charge is 0.299 e. The number of pyridine rings is 1. The Morgan fingerprint density at radius 1 is 1.40 bits per heavy atom. The average Bonchev–Trinajstić information content (AvgIpc) is 2.40. The molecule has 0 aliphatic heterocycles. The Hall–Kier alpha value is -1.10. The molecule has 2 nitrogen and oxygen atoms in total. The number of nitrogens with zero attached hydrogens (tertiary/aromatic N) is 1. The van der Waals surface area contributed by atoms with Crippen LogP contribution in [0.4, 0.5) is 13.2 Å². The molecule has 0 N–H and O–H groups in total. The second kappa shape index (κ2) is 6.12. The van der Waals surface area contributed by atoms with E-state index in [0.717, 1.165) is 0 Å². The molecule has 0 amide bonds. The summed E-state index contributed by atoms with van der Waals surface area (Å²) in [5.41, 5.74) is 0.626. The van der Waals surface area contributed by atoms with Crippen LogP contribution in [0.15, 0.2) is 18.5 Å². The lowest BCUT2D eigenvalue weighted by Gasteiger charge is -2.29. The molecule has 0 aromatic carbocycles. The van der Waals surface area contributed by atoms with E-state index in [4.69, 9.17) is 11.6 Å². The molecular formula is C14H15ClF3NO. The monoisotopic (exact) mass is 305 g/mol. The Bertz CT molecular complexity index is 490. The summed E-state index contributed by atoms with van der Waals surface area (Å²) in [6, 6.07) is 1.63. The number of ketones is 1. The maximum absolute atomic E-state index is 12.7. The third-order valence-corrected chi connectivity index (χ3v) is 4.15. The zero-order valence-electron chi connectivity index (χ0n) is 10.8. The van der Waals surface area contributed by atoms with Crippen LogP contribution in [0.2, 0.25) is 5.02 Å². The molecule has 2 unspecified atom stereocenters. The van der Waals surface area contributed by atoms with E-state index in [9.17, 15) is 18.0 Å². The summed E-state index contributed by atoms with van der Waals surface area (Å²) >= 11 is 5.91. The minimum atomic E-state index is -4.20. The molecule has 6 heteroatoms. The quantitative estimate of drug-likeness (QED) is 0.837. The molecule has 0 bridgehead atoms. The predicted molar refractivity (Wildman–Crippen MR) is 69.5 cm³/mol. The third-order valence-electron chi connectivity index (χ3n) is 3.81. The topological polar surface area (TPSA) is 30.0 Å². The van der Waals surface area contributed by atoms with Crippen LogP contribution in [0.3, 0.4) is 0 Å². The highest BCUT2D eigenvalue weighted by Crippen LogP contribution is 2.40. The van der Waals surface area contributed by atoms with Gasteiger partial charge in [-0.25, -0.2) is 0 Å². The third kappa shape index (κ3) is 3.72. The maximum Gasteiger partial charge on any atom is 0.391 e. The molecular weight excluding hydrogens is 291 g/mol. The van der Waals surface area contributed by atoms with Gasteiger partial charge in [0.05, 0.1) is 10.9 Å². The standard InChI is InChI=1S/C14H15ClF3NO/c15-12-8-19-5-4-9(12)7-13(20)10-2-1-3-11(6-10)14(16,17)18/h4-5,8,10-11H,1-3,6-7H2. The maximum atomic E-state index is 12.7. The van der Waals surface area contributed by atoms with Crippen LogP contribution in [-0.2, 0) is 11.2 Å². The van der Waals surface area contributed by atoms with Gasteiger partial charge >= 0.3 is 6.18 Å². The summed E-state index contributed by atoms with van der Waals surface area (Å²) in [6.45, 7) is 0. The van der Waals surface area contributed by atoms with E-state index in [1.54, 1.807) is 6.07 Å². The van der Waals surface area contributed by atoms with E-state index >= 15 is 0 Å². The van der Waals surface area contributed by atoms with Gasteiger partial charge in [-0.2, -0.15) is 13.2 Å². The molecule has 0 spiro atoms. The first-order chi connectivity index (χ1) is 9.38. The van der Waals surface area contributed by atoms with E-state index in [0.29, 0.717) is 23.4 Å². The molecule has 1 aromatic heterocycles. The van der Waals surface area contributed by atoms with Gasteiger partial charge in [0.1, 0.15) is 5.78 Å². The fourth-order valence-corrected chi connectivity index (χ4v) is 2.85. The molecule has 0 radical (unpaired) electrons. The molecule has 2 atom stereocenters. The molecule has 1 aliphatic rings. The van der Waals surface area contributed by atoms with Crippen LogP contribution < -0.4 is 0 Å². The summed E-state index contributed by atoms with van der Waals surface area (Å²) in [6.07, 6.45) is -0.144. The number of rotatable bonds is 3. The first kappa shape index (κ1) is 15.3. The minimum Gasteiger partial charge on any atom is -0.299 e. The van der Waals surface area contributed by atoms with Crippen molar-refractivity contribution in [1.29, 1.82) is 0 Å². The first-order valence-electron chi connectivity index (χ1n) is 6.55. The fourth-order valence-electron chi connectivity index (χ4n) is 2.66. The Kier molecular flexibility index (Phi) is 4.68. The number of halogens is 4. The lowest BCUT2D eigenvalue weighted by atomic mass is 9.78. The fraction of sp³-hybridized carbons (Fsp3) is 0.571. The van der Waals surface area contributed by atoms with Crippen molar-refractivity contribution in [2.45, 2.75) is 38.3 Å². The van der Waals surface area contributed by atoms with Gasteiger partial charge in [-0.15, -0.1) is 0 Å². The van der Waals surface area contributed by atoms with Crippen molar-refractivity contribution < 1.29 is 18.0 Å². The van der Waals surface area contributed by atoms with Crippen molar-refractivity contribution in [3.8, 4) is 0 Å². The highest BCUT2D eigenvalue weighted by atomic mass is 35.5. The molecule has 1 aromatic rings. The normalized spacial score (nSPS) is 23.6. The zero-order valence-corrected chi connectivity index (χ0v) is 11.5. The summed E-state index contributed by atoms with van der Waals surface area (Å²) in [5, 5.41) is 0.379. The summed E-state index contributed by atoms with van der Waals surface area (Å²) in [4.78, 5) is 16.0. The van der Waals surface area contributed by atoms with Crippen LogP contribution in [0.5, 0.6) is 0 Å². The van der Waals surface area contributed by atoms with E-state index in [-0.39, 0.29) is 25.0 Å². The Morgan fingerprint density at radius 3 is 2.80 bits per heavy atom. The van der Waals surface area contributed by atoms with Crippen molar-refractivity contribution in [2.24, 2.45) is 11.8 Å². The van der Waals surface area contributed by atoms with Crippen molar-refractivity contribution in [2.75, 3.05) is 0 Å². The van der Waals surface area contributed by atoms with Crippen LogP contribution in [0.1, 0.15) is 31.2 Å². The predicted octanol–water partition coefficient (Wildman–Crippen LogP) is 4.22. The Balaban J connectivity index is 2.01. The largest absolute Gasteiger partial charge is 0.391 e. The zero-order chi connectivity index (χ0) is 14.8. The number of aromatic nitrogens is 1.